The lowest BCUT2D eigenvalue weighted by Crippen LogP contribution is -2.09. The van der Waals surface area contributed by atoms with Crippen molar-refractivity contribution in [3.05, 3.63) is 11.9 Å². The molecule has 5 nitrogen and oxygen atoms in total. The van der Waals surface area contributed by atoms with E-state index in [1.165, 1.54) is 19.3 Å². The Kier molecular flexibility index (Phi) is 5.39. The van der Waals surface area contributed by atoms with Crippen LogP contribution in [0.2, 0.25) is 0 Å². The van der Waals surface area contributed by atoms with Crippen LogP contribution in [0.3, 0.4) is 0 Å². The summed E-state index contributed by atoms with van der Waals surface area (Å²) in [6.07, 6.45) is 5.68. The first-order valence-corrected chi connectivity index (χ1v) is 7.25. The van der Waals surface area contributed by atoms with Gasteiger partial charge in [-0.25, -0.2) is 9.97 Å². The van der Waals surface area contributed by atoms with Gasteiger partial charge in [0.25, 0.3) is 0 Å². The average molecular weight is 264 g/mol. The zero-order valence-electron chi connectivity index (χ0n) is 11.7. The van der Waals surface area contributed by atoms with Gasteiger partial charge in [-0.3, -0.25) is 0 Å². The number of anilines is 2. The molecule has 19 heavy (non-hydrogen) atoms. The van der Waals surface area contributed by atoms with Crippen LogP contribution in [-0.2, 0) is 4.74 Å². The van der Waals surface area contributed by atoms with Crippen molar-refractivity contribution >= 4 is 11.6 Å². The molecule has 0 atom stereocenters. The summed E-state index contributed by atoms with van der Waals surface area (Å²) in [6, 6.07) is 1.80. The second kappa shape index (κ2) is 7.28. The molecule has 1 aliphatic carbocycles. The Balaban J connectivity index is 1.67. The number of ether oxygens (including phenoxy) is 1. The fourth-order valence-electron chi connectivity index (χ4n) is 1.84. The molecule has 0 amide bonds. The van der Waals surface area contributed by atoms with Crippen molar-refractivity contribution in [2.24, 2.45) is 0 Å². The van der Waals surface area contributed by atoms with Gasteiger partial charge in [0.15, 0.2) is 0 Å². The largest absolute Gasteiger partial charge is 0.384 e. The molecule has 106 valence electrons. The van der Waals surface area contributed by atoms with Gasteiger partial charge in [0, 0.05) is 31.7 Å². The lowest BCUT2D eigenvalue weighted by atomic mass is 10.3. The Bertz CT molecular complexity index is 393. The Morgan fingerprint density at radius 2 is 2.11 bits per heavy atom. The van der Waals surface area contributed by atoms with Crippen molar-refractivity contribution in [2.45, 2.75) is 44.9 Å². The Morgan fingerprint density at radius 1 is 1.32 bits per heavy atom. The third kappa shape index (κ3) is 5.03. The van der Waals surface area contributed by atoms with E-state index >= 15 is 0 Å². The van der Waals surface area contributed by atoms with Gasteiger partial charge in [-0.15, -0.1) is 0 Å². The van der Waals surface area contributed by atoms with E-state index in [9.17, 15) is 0 Å². The number of aromatic nitrogens is 2. The van der Waals surface area contributed by atoms with Crippen LogP contribution in [0.4, 0.5) is 11.6 Å². The first-order chi connectivity index (χ1) is 9.29. The summed E-state index contributed by atoms with van der Waals surface area (Å²) in [7, 11) is 0. The minimum Gasteiger partial charge on any atom is -0.384 e. The third-order valence-electron chi connectivity index (χ3n) is 3.12. The van der Waals surface area contributed by atoms with E-state index in [-0.39, 0.29) is 0 Å². The van der Waals surface area contributed by atoms with Crippen molar-refractivity contribution in [1.82, 2.24) is 9.97 Å². The molecule has 3 N–H and O–H groups in total. The highest BCUT2D eigenvalue weighted by atomic mass is 16.5. The van der Waals surface area contributed by atoms with Crippen molar-refractivity contribution in [2.75, 3.05) is 30.8 Å². The SMILES string of the molecule is CCCCOCCCNc1cc(N)nc(C2CC2)n1. The second-order valence-electron chi connectivity index (χ2n) is 5.06. The van der Waals surface area contributed by atoms with E-state index in [0.717, 1.165) is 44.2 Å². The number of unbranched alkanes of at least 4 members (excludes halogenated alkanes) is 1. The van der Waals surface area contributed by atoms with Gasteiger partial charge in [0.1, 0.15) is 17.5 Å². The summed E-state index contributed by atoms with van der Waals surface area (Å²) in [4.78, 5) is 8.78. The summed E-state index contributed by atoms with van der Waals surface area (Å²) in [6.45, 7) is 4.68. The molecule has 0 spiro atoms. The normalized spacial score (nSPS) is 14.6. The second-order valence-corrected chi connectivity index (χ2v) is 5.06. The highest BCUT2D eigenvalue weighted by molar-refractivity contribution is 5.45. The standard InChI is InChI=1S/C14H24N4O/c1-2-3-8-19-9-4-7-16-13-10-12(15)17-14(18-13)11-5-6-11/h10-11H,2-9H2,1H3,(H3,15,16,17,18). The summed E-state index contributed by atoms with van der Waals surface area (Å²) in [5.41, 5.74) is 5.79. The highest BCUT2D eigenvalue weighted by Crippen LogP contribution is 2.38. The van der Waals surface area contributed by atoms with Crippen LogP contribution < -0.4 is 11.1 Å². The first kappa shape index (κ1) is 14.1. The molecule has 2 rings (SSSR count). The molecular weight excluding hydrogens is 240 g/mol. The number of hydrogen-bond donors (Lipinski definition) is 2. The molecule has 0 aromatic carbocycles. The van der Waals surface area contributed by atoms with Gasteiger partial charge in [-0.2, -0.15) is 0 Å². The van der Waals surface area contributed by atoms with Gasteiger partial charge in [-0.05, 0) is 25.7 Å². The van der Waals surface area contributed by atoms with Crippen molar-refractivity contribution < 1.29 is 4.74 Å². The van der Waals surface area contributed by atoms with E-state index in [1.807, 2.05) is 0 Å². The van der Waals surface area contributed by atoms with Crippen LogP contribution in [0.15, 0.2) is 6.07 Å². The molecule has 5 heteroatoms. The maximum atomic E-state index is 5.79. The molecule has 0 aliphatic heterocycles. The summed E-state index contributed by atoms with van der Waals surface area (Å²) < 4.78 is 5.51. The number of hydrogen-bond acceptors (Lipinski definition) is 5. The number of rotatable bonds is 9. The first-order valence-electron chi connectivity index (χ1n) is 7.25. The average Bonchev–Trinajstić information content (AvgIpc) is 3.21. The molecule has 1 aromatic rings. The van der Waals surface area contributed by atoms with Crippen LogP contribution in [0.1, 0.15) is 50.8 Å². The quantitative estimate of drug-likeness (QED) is 0.671. The topological polar surface area (TPSA) is 73.1 Å². The van der Waals surface area contributed by atoms with Crippen molar-refractivity contribution in [3.8, 4) is 0 Å². The predicted molar refractivity (Wildman–Crippen MR) is 77.3 cm³/mol. The van der Waals surface area contributed by atoms with Crippen LogP contribution in [0.25, 0.3) is 0 Å². The fourth-order valence-corrected chi connectivity index (χ4v) is 1.84. The number of nitrogens with one attached hydrogen (secondary N) is 1. The number of nitrogens with two attached hydrogens (primary N) is 1. The zero-order valence-corrected chi connectivity index (χ0v) is 11.7. The Labute approximate surface area is 115 Å². The van der Waals surface area contributed by atoms with Gasteiger partial charge in [-0.1, -0.05) is 13.3 Å². The van der Waals surface area contributed by atoms with Crippen LogP contribution in [0, 0.1) is 0 Å². The molecule has 1 saturated carbocycles. The summed E-state index contributed by atoms with van der Waals surface area (Å²) in [5, 5.41) is 3.29. The van der Waals surface area contributed by atoms with E-state index in [1.54, 1.807) is 6.07 Å². The lowest BCUT2D eigenvalue weighted by Gasteiger charge is -2.08. The van der Waals surface area contributed by atoms with E-state index in [2.05, 4.69) is 22.2 Å². The molecular formula is C14H24N4O. The van der Waals surface area contributed by atoms with Gasteiger partial charge >= 0.3 is 0 Å². The van der Waals surface area contributed by atoms with Crippen LogP contribution >= 0.6 is 0 Å². The van der Waals surface area contributed by atoms with Crippen LogP contribution in [-0.4, -0.2) is 29.7 Å². The van der Waals surface area contributed by atoms with Gasteiger partial charge in [0.05, 0.1) is 0 Å². The maximum absolute atomic E-state index is 5.79. The lowest BCUT2D eigenvalue weighted by molar-refractivity contribution is 0.131. The maximum Gasteiger partial charge on any atom is 0.136 e. The molecule has 0 bridgehead atoms. The monoisotopic (exact) mass is 264 g/mol. The summed E-state index contributed by atoms with van der Waals surface area (Å²) in [5.74, 6) is 2.81. The Hall–Kier alpha value is -1.36. The molecule has 0 radical (unpaired) electrons. The Morgan fingerprint density at radius 3 is 2.84 bits per heavy atom. The fraction of sp³-hybridized carbons (Fsp3) is 0.714. The minimum absolute atomic E-state index is 0.529. The third-order valence-corrected chi connectivity index (χ3v) is 3.12. The molecule has 1 fully saturated rings. The smallest absolute Gasteiger partial charge is 0.136 e. The van der Waals surface area contributed by atoms with E-state index in [4.69, 9.17) is 10.5 Å². The molecule has 0 saturated heterocycles. The molecule has 1 heterocycles. The number of nitrogen functional groups attached to an aromatic ring is 1. The molecule has 1 aliphatic rings. The number of nitrogens with zero attached hydrogens (tertiary/aromatic N) is 2. The van der Waals surface area contributed by atoms with Crippen molar-refractivity contribution in [3.63, 3.8) is 0 Å². The molecule has 1 aromatic heterocycles. The predicted octanol–water partition coefficient (Wildman–Crippen LogP) is 2.55. The van der Waals surface area contributed by atoms with Crippen molar-refractivity contribution in [1.29, 1.82) is 0 Å². The van der Waals surface area contributed by atoms with Crippen LogP contribution in [0.5, 0.6) is 0 Å². The minimum atomic E-state index is 0.529. The van der Waals surface area contributed by atoms with E-state index in [0.29, 0.717) is 11.7 Å². The zero-order chi connectivity index (χ0) is 13.5. The highest BCUT2D eigenvalue weighted by Gasteiger charge is 2.27. The van der Waals surface area contributed by atoms with Gasteiger partial charge in [0.2, 0.25) is 0 Å². The summed E-state index contributed by atoms with van der Waals surface area (Å²) >= 11 is 0. The molecule has 0 unspecified atom stereocenters. The van der Waals surface area contributed by atoms with Gasteiger partial charge < -0.3 is 15.8 Å². The van der Waals surface area contributed by atoms with E-state index < -0.39 is 0 Å².